The molecule has 0 aliphatic carbocycles. The van der Waals surface area contributed by atoms with Crippen LogP contribution < -0.4 is 5.73 Å². The van der Waals surface area contributed by atoms with Gasteiger partial charge in [0, 0.05) is 18.0 Å². The highest BCUT2D eigenvalue weighted by Crippen LogP contribution is 2.28. The Balaban J connectivity index is 2.25. The van der Waals surface area contributed by atoms with Crippen LogP contribution in [0.4, 0.5) is 0 Å². The van der Waals surface area contributed by atoms with Gasteiger partial charge in [0.15, 0.2) is 9.84 Å². The van der Waals surface area contributed by atoms with Crippen molar-refractivity contribution in [1.82, 2.24) is 0 Å². The molecule has 0 aliphatic rings. The van der Waals surface area contributed by atoms with Crippen molar-refractivity contribution >= 4 is 31.0 Å². The fourth-order valence-corrected chi connectivity index (χ4v) is 5.75. The summed E-state index contributed by atoms with van der Waals surface area (Å²) in [6.45, 7) is 2.61. The molecular weight excluding hydrogens is 370 g/mol. The maximum Gasteiger partial charge on any atom is 0.215 e. The summed E-state index contributed by atoms with van der Waals surface area (Å²) in [4.78, 5) is 0.898. The topological polar surface area (TPSA) is 104 Å². The van der Waals surface area contributed by atoms with Crippen molar-refractivity contribution in [3.05, 3.63) is 41.3 Å². The minimum Gasteiger partial charge on any atom is -0.381 e. The largest absolute Gasteiger partial charge is 0.381 e. The van der Waals surface area contributed by atoms with Crippen molar-refractivity contribution < 1.29 is 21.6 Å². The number of nitrogens with two attached hydrogens (primary N) is 1. The summed E-state index contributed by atoms with van der Waals surface area (Å²) in [5, 5.41) is 0. The molecule has 9 heteroatoms. The van der Waals surface area contributed by atoms with E-state index in [9.17, 15) is 16.8 Å². The van der Waals surface area contributed by atoms with Crippen LogP contribution in [-0.4, -0.2) is 35.8 Å². The van der Waals surface area contributed by atoms with Gasteiger partial charge in [0.25, 0.3) is 0 Å². The smallest absolute Gasteiger partial charge is 0.215 e. The van der Waals surface area contributed by atoms with Crippen molar-refractivity contribution in [2.45, 2.75) is 27.5 Å². The van der Waals surface area contributed by atoms with Crippen molar-refractivity contribution in [2.75, 3.05) is 19.0 Å². The van der Waals surface area contributed by atoms with Crippen molar-refractivity contribution in [1.29, 1.82) is 0 Å². The van der Waals surface area contributed by atoms with Crippen LogP contribution in [0.3, 0.4) is 0 Å². The second-order valence-corrected chi connectivity index (χ2v) is 10.4. The molecule has 0 radical (unpaired) electrons. The zero-order valence-electron chi connectivity index (χ0n) is 13.1. The van der Waals surface area contributed by atoms with Gasteiger partial charge in [-0.1, -0.05) is 0 Å². The Hall–Kier alpha value is -1.26. The maximum atomic E-state index is 12.5. The van der Waals surface area contributed by atoms with E-state index < -0.39 is 19.7 Å². The lowest BCUT2D eigenvalue weighted by atomic mass is 10.4. The Labute approximate surface area is 146 Å². The molecule has 0 amide bonds. The lowest BCUT2D eigenvalue weighted by Gasteiger charge is -2.06. The second-order valence-electron chi connectivity index (χ2n) is 4.92. The number of ether oxygens (including phenoxy) is 1. The minimum absolute atomic E-state index is 0.0525. The monoisotopic (exact) mass is 389 g/mol. The minimum atomic E-state index is -3.67. The first-order valence-electron chi connectivity index (χ1n) is 7.25. The van der Waals surface area contributed by atoms with Gasteiger partial charge < -0.3 is 10.5 Å². The molecule has 2 N–H and O–H groups in total. The van der Waals surface area contributed by atoms with Gasteiger partial charge in [-0.05, 0) is 43.3 Å². The zero-order chi connectivity index (χ0) is 17.8. The second kappa shape index (κ2) is 7.75. The average molecular weight is 390 g/mol. The Kier molecular flexibility index (Phi) is 6.16. The number of sulfone groups is 2. The van der Waals surface area contributed by atoms with E-state index in [4.69, 9.17) is 10.5 Å². The van der Waals surface area contributed by atoms with Gasteiger partial charge >= 0.3 is 0 Å². The summed E-state index contributed by atoms with van der Waals surface area (Å²) >= 11 is 1.11. The molecule has 1 aromatic heterocycles. The van der Waals surface area contributed by atoms with E-state index in [1.54, 1.807) is 13.0 Å². The molecule has 0 bridgehead atoms. The highest BCUT2D eigenvalue weighted by Gasteiger charge is 2.21. The van der Waals surface area contributed by atoms with E-state index in [0.717, 1.165) is 16.2 Å². The number of rotatable bonds is 8. The van der Waals surface area contributed by atoms with Crippen LogP contribution in [0, 0.1) is 0 Å². The molecule has 1 aromatic carbocycles. The first kappa shape index (κ1) is 19.1. The van der Waals surface area contributed by atoms with Crippen LogP contribution in [0.25, 0.3) is 0 Å². The van der Waals surface area contributed by atoms with Crippen LogP contribution >= 0.6 is 11.3 Å². The van der Waals surface area contributed by atoms with E-state index in [1.165, 1.54) is 30.3 Å². The quantitative estimate of drug-likeness (QED) is 0.691. The molecule has 0 spiro atoms. The lowest BCUT2D eigenvalue weighted by molar-refractivity contribution is 0.163. The van der Waals surface area contributed by atoms with E-state index >= 15 is 0 Å². The molecule has 0 saturated heterocycles. The number of thiophene rings is 1. The Bertz CT molecular complexity index is 883. The van der Waals surface area contributed by atoms with Crippen molar-refractivity contribution in [3.63, 3.8) is 0 Å². The number of hydrogen-bond acceptors (Lipinski definition) is 7. The van der Waals surface area contributed by atoms with Gasteiger partial charge in [0.05, 0.1) is 22.2 Å². The fraction of sp³-hybridized carbons (Fsp3) is 0.333. The Morgan fingerprint density at radius 3 is 2.17 bits per heavy atom. The summed E-state index contributed by atoms with van der Waals surface area (Å²) in [5.74, 6) is -0.141. The molecule has 132 valence electrons. The van der Waals surface area contributed by atoms with Crippen LogP contribution in [0.15, 0.2) is 50.4 Å². The molecule has 6 nitrogen and oxygen atoms in total. The fourth-order valence-electron chi connectivity index (χ4n) is 1.99. The molecule has 2 aromatic rings. The molecule has 0 atom stereocenters. The predicted molar refractivity (Wildman–Crippen MR) is 92.7 cm³/mol. The first-order valence-corrected chi connectivity index (χ1v) is 11.2. The standard InChI is InChI=1S/C15H19NO5S3/c1-2-21-9-10-23(17,18)13-4-6-14(7-5-13)24(19,20)15-8-3-12(11-16)22-15/h3-8H,2,9-11,16H2,1H3. The summed E-state index contributed by atoms with van der Waals surface area (Å²) in [6, 6.07) is 8.42. The highest BCUT2D eigenvalue weighted by atomic mass is 32.2. The third-order valence-electron chi connectivity index (χ3n) is 3.30. The molecule has 2 rings (SSSR count). The molecule has 0 saturated carbocycles. The third kappa shape index (κ3) is 4.22. The molecule has 0 fully saturated rings. The summed E-state index contributed by atoms with van der Waals surface area (Å²) in [6.07, 6.45) is 0. The summed E-state index contributed by atoms with van der Waals surface area (Å²) in [7, 11) is -7.16. The molecule has 24 heavy (non-hydrogen) atoms. The van der Waals surface area contributed by atoms with Crippen molar-refractivity contribution in [3.8, 4) is 0 Å². The lowest BCUT2D eigenvalue weighted by Crippen LogP contribution is -2.12. The zero-order valence-corrected chi connectivity index (χ0v) is 15.6. The predicted octanol–water partition coefficient (Wildman–Crippen LogP) is 1.85. The number of benzene rings is 1. The van der Waals surface area contributed by atoms with Crippen LogP contribution in [0.5, 0.6) is 0 Å². The average Bonchev–Trinajstić information content (AvgIpc) is 3.05. The van der Waals surface area contributed by atoms with Gasteiger partial charge in [-0.15, -0.1) is 11.3 Å². The summed E-state index contributed by atoms with van der Waals surface area (Å²) in [5.41, 5.74) is 5.50. The molecule has 0 unspecified atom stereocenters. The van der Waals surface area contributed by atoms with Gasteiger partial charge in [-0.2, -0.15) is 0 Å². The van der Waals surface area contributed by atoms with Crippen LogP contribution in [-0.2, 0) is 31.0 Å². The van der Waals surface area contributed by atoms with Crippen LogP contribution in [0.1, 0.15) is 11.8 Å². The van der Waals surface area contributed by atoms with E-state index in [0.29, 0.717) is 6.61 Å². The van der Waals surface area contributed by atoms with Gasteiger partial charge in [0.1, 0.15) is 4.21 Å². The molecule has 1 heterocycles. The molecular formula is C15H19NO5S3. The SMILES string of the molecule is CCOCCS(=O)(=O)c1ccc(S(=O)(=O)c2ccc(CN)s2)cc1. The normalized spacial score (nSPS) is 12.4. The van der Waals surface area contributed by atoms with Gasteiger partial charge in [-0.25, -0.2) is 16.8 Å². The van der Waals surface area contributed by atoms with Gasteiger partial charge in [-0.3, -0.25) is 0 Å². The highest BCUT2D eigenvalue weighted by molar-refractivity contribution is 7.93. The van der Waals surface area contributed by atoms with Gasteiger partial charge in [0.2, 0.25) is 9.84 Å². The Morgan fingerprint density at radius 1 is 1.00 bits per heavy atom. The van der Waals surface area contributed by atoms with E-state index in [-0.39, 0.29) is 32.9 Å². The first-order chi connectivity index (χ1) is 11.3. The van der Waals surface area contributed by atoms with Crippen LogP contribution in [0.2, 0.25) is 0 Å². The van der Waals surface area contributed by atoms with Crippen molar-refractivity contribution in [2.24, 2.45) is 5.73 Å². The Morgan fingerprint density at radius 2 is 1.62 bits per heavy atom. The number of hydrogen-bond donors (Lipinski definition) is 1. The molecule has 0 aliphatic heterocycles. The van der Waals surface area contributed by atoms with E-state index in [1.807, 2.05) is 0 Å². The van der Waals surface area contributed by atoms with E-state index in [2.05, 4.69) is 0 Å². The maximum absolute atomic E-state index is 12.5. The third-order valence-corrected chi connectivity index (χ3v) is 8.36. The summed E-state index contributed by atoms with van der Waals surface area (Å²) < 4.78 is 54.6.